The van der Waals surface area contributed by atoms with E-state index in [1.54, 1.807) is 56.5 Å². The van der Waals surface area contributed by atoms with Crippen LogP contribution in [0.2, 0.25) is 10.0 Å². The molecular formula is C29H30Cl2N2O5. The Morgan fingerprint density at radius 3 is 2.26 bits per heavy atom. The van der Waals surface area contributed by atoms with Crippen molar-refractivity contribution >= 4 is 34.8 Å². The molecule has 200 valence electrons. The van der Waals surface area contributed by atoms with E-state index in [9.17, 15) is 9.90 Å². The monoisotopic (exact) mass is 556 g/mol. The fraction of sp³-hybridized carbons (Fsp3) is 0.241. The number of ether oxygens (including phenoxy) is 2. The Hall–Kier alpha value is -3.68. The van der Waals surface area contributed by atoms with E-state index in [2.05, 4.69) is 10.5 Å². The second kappa shape index (κ2) is 14.3. The highest BCUT2D eigenvalue weighted by molar-refractivity contribution is 6.37. The Morgan fingerprint density at radius 2 is 1.66 bits per heavy atom. The van der Waals surface area contributed by atoms with Crippen LogP contribution in [0.1, 0.15) is 43.4 Å². The Bertz CT molecular complexity index is 1270. The van der Waals surface area contributed by atoms with Crippen molar-refractivity contribution in [3.8, 4) is 17.2 Å². The lowest BCUT2D eigenvalue weighted by Gasteiger charge is -2.12. The van der Waals surface area contributed by atoms with E-state index >= 15 is 0 Å². The molecule has 0 aliphatic rings. The smallest absolute Gasteiger partial charge is 0.289 e. The number of phenolic OH excluding ortho intramolecular Hbond substituents is 1. The van der Waals surface area contributed by atoms with Crippen LogP contribution in [0.5, 0.6) is 17.2 Å². The van der Waals surface area contributed by atoms with Crippen molar-refractivity contribution in [2.24, 2.45) is 5.16 Å². The summed E-state index contributed by atoms with van der Waals surface area (Å²) in [6.07, 6.45) is 3.18. The quantitative estimate of drug-likeness (QED) is 0.108. The van der Waals surface area contributed by atoms with Gasteiger partial charge in [0.05, 0.1) is 22.9 Å². The number of carbonyl (C=O) groups excluding carboxylic acids is 1. The highest BCUT2D eigenvalue weighted by atomic mass is 35.5. The van der Waals surface area contributed by atoms with E-state index in [0.29, 0.717) is 33.5 Å². The molecule has 9 heteroatoms. The van der Waals surface area contributed by atoms with Gasteiger partial charge in [-0.25, -0.2) is 0 Å². The minimum Gasteiger partial charge on any atom is -0.508 e. The van der Waals surface area contributed by atoms with E-state index < -0.39 is 5.91 Å². The van der Waals surface area contributed by atoms with Gasteiger partial charge in [0, 0.05) is 12.1 Å². The van der Waals surface area contributed by atoms with E-state index in [1.165, 1.54) is 0 Å². The molecule has 0 aromatic heterocycles. The lowest BCUT2D eigenvalue weighted by molar-refractivity contribution is -0.121. The normalized spacial score (nSPS) is 11.7. The first-order chi connectivity index (χ1) is 18.3. The summed E-state index contributed by atoms with van der Waals surface area (Å²) in [5.41, 5.74) is 2.87. The van der Waals surface area contributed by atoms with Crippen molar-refractivity contribution in [1.29, 1.82) is 0 Å². The topological polar surface area (TPSA) is 89.4 Å². The van der Waals surface area contributed by atoms with Crippen LogP contribution in [0.3, 0.4) is 0 Å². The van der Waals surface area contributed by atoms with E-state index in [4.69, 9.17) is 37.5 Å². The molecule has 0 unspecified atom stereocenters. The Labute approximate surface area is 232 Å². The number of benzene rings is 3. The molecule has 1 amide bonds. The summed E-state index contributed by atoms with van der Waals surface area (Å²) in [6, 6.07) is 17.4. The number of aromatic hydroxyl groups is 1. The number of unbranched alkanes of at least 4 members (excludes halogenated alkanes) is 1. The van der Waals surface area contributed by atoms with Crippen LogP contribution >= 0.6 is 23.2 Å². The number of hydrogen-bond donors (Lipinski definition) is 2. The SMILES string of the molecule is CCCC=C(ON=C(C)c1cc(Cl)c(OCc2ccc(OC)cc2)c(Cl)c1)C(=O)NCc1ccc(O)cc1. The Balaban J connectivity index is 1.66. The van der Waals surface area contributed by atoms with Gasteiger partial charge in [-0.15, -0.1) is 0 Å². The van der Waals surface area contributed by atoms with Crippen molar-refractivity contribution in [3.05, 3.63) is 99.2 Å². The van der Waals surface area contributed by atoms with Crippen molar-refractivity contribution in [3.63, 3.8) is 0 Å². The first-order valence-electron chi connectivity index (χ1n) is 12.0. The number of halogens is 2. The molecule has 3 aromatic carbocycles. The Morgan fingerprint density at radius 1 is 1.03 bits per heavy atom. The van der Waals surface area contributed by atoms with Crippen LogP contribution in [0.4, 0.5) is 0 Å². The molecule has 3 rings (SSSR count). The lowest BCUT2D eigenvalue weighted by Crippen LogP contribution is -2.25. The van der Waals surface area contributed by atoms with Crippen LogP contribution in [0.25, 0.3) is 0 Å². The number of methoxy groups -OCH3 is 1. The van der Waals surface area contributed by atoms with Crippen LogP contribution in [-0.2, 0) is 22.8 Å². The number of phenols is 1. The summed E-state index contributed by atoms with van der Waals surface area (Å²) in [5, 5.41) is 17.0. The average Bonchev–Trinajstić information content (AvgIpc) is 2.92. The predicted octanol–water partition coefficient (Wildman–Crippen LogP) is 7.03. The zero-order valence-corrected chi connectivity index (χ0v) is 23.0. The molecule has 3 aromatic rings. The largest absolute Gasteiger partial charge is 0.508 e. The zero-order valence-electron chi connectivity index (χ0n) is 21.5. The fourth-order valence-electron chi connectivity index (χ4n) is 3.28. The van der Waals surface area contributed by atoms with Gasteiger partial charge in [0.25, 0.3) is 5.91 Å². The lowest BCUT2D eigenvalue weighted by atomic mass is 10.1. The second-order valence-corrected chi connectivity index (χ2v) is 9.19. The zero-order chi connectivity index (χ0) is 27.5. The molecular weight excluding hydrogens is 527 g/mol. The third-order valence-electron chi connectivity index (χ3n) is 5.47. The highest BCUT2D eigenvalue weighted by Gasteiger charge is 2.14. The molecule has 0 bridgehead atoms. The van der Waals surface area contributed by atoms with E-state index in [-0.39, 0.29) is 24.7 Å². The van der Waals surface area contributed by atoms with Crippen LogP contribution in [0.15, 0.2) is 77.7 Å². The minimum absolute atomic E-state index is 0.0848. The second-order valence-electron chi connectivity index (χ2n) is 8.38. The van der Waals surface area contributed by atoms with Gasteiger partial charge in [-0.05, 0) is 66.9 Å². The maximum absolute atomic E-state index is 12.7. The maximum Gasteiger partial charge on any atom is 0.289 e. The molecule has 0 radical (unpaired) electrons. The molecule has 0 heterocycles. The van der Waals surface area contributed by atoms with Crippen LogP contribution < -0.4 is 14.8 Å². The van der Waals surface area contributed by atoms with Crippen LogP contribution in [0, 0.1) is 0 Å². The number of nitrogens with one attached hydrogen (secondary N) is 1. The number of rotatable bonds is 12. The van der Waals surface area contributed by atoms with Gasteiger partial charge in [0.1, 0.15) is 18.1 Å². The summed E-state index contributed by atoms with van der Waals surface area (Å²) < 4.78 is 11.0. The van der Waals surface area contributed by atoms with E-state index in [1.807, 2.05) is 31.2 Å². The summed E-state index contributed by atoms with van der Waals surface area (Å²) in [6.45, 7) is 4.28. The van der Waals surface area contributed by atoms with Gasteiger partial charge in [-0.2, -0.15) is 0 Å². The van der Waals surface area contributed by atoms with E-state index in [0.717, 1.165) is 23.3 Å². The predicted molar refractivity (Wildman–Crippen MR) is 150 cm³/mol. The van der Waals surface area contributed by atoms with Crippen molar-refractivity contribution in [1.82, 2.24) is 5.32 Å². The molecule has 0 saturated heterocycles. The van der Waals surface area contributed by atoms with Gasteiger partial charge in [0.15, 0.2) is 5.75 Å². The number of carbonyl (C=O) groups is 1. The molecule has 0 atom stereocenters. The number of allylic oxidation sites excluding steroid dienone is 1. The molecule has 0 spiro atoms. The molecule has 7 nitrogen and oxygen atoms in total. The fourth-order valence-corrected chi connectivity index (χ4v) is 3.88. The molecule has 38 heavy (non-hydrogen) atoms. The standard InChI is InChI=1S/C29H30Cl2N2O5/c1-4-5-6-27(29(35)32-17-20-7-11-23(34)12-8-20)38-33-19(2)22-15-25(30)28(26(31)16-22)37-18-21-9-13-24(36-3)14-10-21/h6-16,34H,4-5,17-18H2,1-3H3,(H,32,35). The average molecular weight is 557 g/mol. The number of nitrogens with zero attached hydrogens (tertiary/aromatic N) is 1. The third-order valence-corrected chi connectivity index (χ3v) is 6.03. The highest BCUT2D eigenvalue weighted by Crippen LogP contribution is 2.35. The molecule has 2 N–H and O–H groups in total. The first kappa shape index (κ1) is 28.9. The van der Waals surface area contributed by atoms with Crippen molar-refractivity contribution in [2.75, 3.05) is 7.11 Å². The van der Waals surface area contributed by atoms with Gasteiger partial charge in [0.2, 0.25) is 5.76 Å². The van der Waals surface area contributed by atoms with Gasteiger partial charge >= 0.3 is 0 Å². The number of hydrogen-bond acceptors (Lipinski definition) is 6. The van der Waals surface area contributed by atoms with Crippen LogP contribution in [-0.4, -0.2) is 23.8 Å². The first-order valence-corrected chi connectivity index (χ1v) is 12.8. The third kappa shape index (κ3) is 8.43. The summed E-state index contributed by atoms with van der Waals surface area (Å²) in [4.78, 5) is 18.3. The molecule has 0 saturated carbocycles. The minimum atomic E-state index is -0.401. The number of oxime groups is 1. The summed E-state index contributed by atoms with van der Waals surface area (Å²) >= 11 is 12.9. The number of amides is 1. The van der Waals surface area contributed by atoms with Gasteiger partial charge in [-0.1, -0.05) is 66.0 Å². The summed E-state index contributed by atoms with van der Waals surface area (Å²) in [7, 11) is 1.61. The Kier molecular flexibility index (Phi) is 10.9. The summed E-state index contributed by atoms with van der Waals surface area (Å²) in [5.74, 6) is 0.962. The van der Waals surface area contributed by atoms with Crippen molar-refractivity contribution < 1.29 is 24.2 Å². The molecule has 0 fully saturated rings. The van der Waals surface area contributed by atoms with Gasteiger partial charge < -0.3 is 24.7 Å². The molecule has 0 aliphatic heterocycles. The van der Waals surface area contributed by atoms with Crippen molar-refractivity contribution in [2.45, 2.75) is 39.8 Å². The maximum atomic E-state index is 12.7. The molecule has 0 aliphatic carbocycles. The van der Waals surface area contributed by atoms with Gasteiger partial charge in [-0.3, -0.25) is 4.79 Å².